The number of hydrogen-bond acceptors (Lipinski definition) is 6. The number of para-hydroxylation sites is 1. The lowest BCUT2D eigenvalue weighted by Gasteiger charge is -2.27. The third kappa shape index (κ3) is 4.27. The van der Waals surface area contributed by atoms with Crippen LogP contribution in [0.15, 0.2) is 66.9 Å². The Hall–Kier alpha value is -3.45. The van der Waals surface area contributed by atoms with Crippen LogP contribution in [0.5, 0.6) is 5.75 Å². The summed E-state index contributed by atoms with van der Waals surface area (Å²) >= 11 is 0. The van der Waals surface area contributed by atoms with Crippen LogP contribution < -0.4 is 9.80 Å². The summed E-state index contributed by atoms with van der Waals surface area (Å²) in [5.41, 5.74) is 1.59. The van der Waals surface area contributed by atoms with E-state index in [2.05, 4.69) is 9.97 Å². The van der Waals surface area contributed by atoms with Crippen molar-refractivity contribution in [3.8, 4) is 17.1 Å². The number of carbonyl (C=O) groups is 1. The monoisotopic (exact) mass is 379 g/mol. The van der Waals surface area contributed by atoms with E-state index in [4.69, 9.17) is 9.57 Å². The van der Waals surface area contributed by atoms with Gasteiger partial charge < -0.3 is 9.84 Å². The number of aromatic nitrogens is 2. The molecule has 3 rings (SSSR count). The second kappa shape index (κ2) is 8.96. The lowest BCUT2D eigenvalue weighted by atomic mass is 10.1. The molecule has 0 unspecified atom stereocenters. The summed E-state index contributed by atoms with van der Waals surface area (Å²) in [6, 6.07) is 17.4. The summed E-state index contributed by atoms with van der Waals surface area (Å²) in [5.74, 6) is 0.383. The van der Waals surface area contributed by atoms with Crippen molar-refractivity contribution in [2.75, 3.05) is 19.3 Å². The highest BCUT2D eigenvalue weighted by Gasteiger charge is 2.28. The number of methoxy groups -OCH3 is 1. The van der Waals surface area contributed by atoms with E-state index in [9.17, 15) is 9.90 Å². The number of hydroxylamine groups is 1. The Labute approximate surface area is 163 Å². The van der Waals surface area contributed by atoms with E-state index < -0.39 is 12.0 Å². The molecule has 0 aliphatic carbocycles. The number of anilines is 1. The van der Waals surface area contributed by atoms with Crippen molar-refractivity contribution in [2.45, 2.75) is 12.5 Å². The minimum Gasteiger partial charge on any atom is -0.496 e. The van der Waals surface area contributed by atoms with Crippen molar-refractivity contribution < 1.29 is 19.5 Å². The third-order valence-corrected chi connectivity index (χ3v) is 4.25. The maximum atomic E-state index is 11.9. The van der Waals surface area contributed by atoms with Gasteiger partial charge in [-0.05, 0) is 17.7 Å². The predicted octanol–water partition coefficient (Wildman–Crippen LogP) is 3.22. The van der Waals surface area contributed by atoms with Crippen LogP contribution in [-0.2, 0) is 16.1 Å². The molecule has 0 aliphatic heterocycles. The van der Waals surface area contributed by atoms with Crippen LogP contribution >= 0.6 is 0 Å². The summed E-state index contributed by atoms with van der Waals surface area (Å²) in [6.45, 7) is 0. The molecule has 0 fully saturated rings. The first kappa shape index (κ1) is 19.3. The molecule has 1 atom stereocenters. The minimum atomic E-state index is -1.01. The highest BCUT2D eigenvalue weighted by atomic mass is 16.7. The van der Waals surface area contributed by atoms with Gasteiger partial charge in [0.25, 0.3) is 0 Å². The average Bonchev–Trinajstić information content (AvgIpc) is 2.74. The number of hydrogen-bond donors (Lipinski definition) is 1. The molecular formula is C21H21N3O4. The molecule has 144 valence electrons. The zero-order valence-electron chi connectivity index (χ0n) is 15.6. The molecule has 7 nitrogen and oxygen atoms in total. The molecule has 1 heterocycles. The topological polar surface area (TPSA) is 84.8 Å². The fourth-order valence-electron chi connectivity index (χ4n) is 2.92. The van der Waals surface area contributed by atoms with E-state index in [-0.39, 0.29) is 6.42 Å². The molecule has 0 radical (unpaired) electrons. The summed E-state index contributed by atoms with van der Waals surface area (Å²) < 4.78 is 5.37. The molecule has 0 saturated carbocycles. The van der Waals surface area contributed by atoms with Gasteiger partial charge in [0, 0.05) is 18.7 Å². The Morgan fingerprint density at radius 3 is 2.46 bits per heavy atom. The van der Waals surface area contributed by atoms with Crippen molar-refractivity contribution in [1.82, 2.24) is 9.97 Å². The fraction of sp³-hybridized carbons (Fsp3) is 0.190. The maximum Gasteiger partial charge on any atom is 0.329 e. The van der Waals surface area contributed by atoms with Crippen LogP contribution in [0.3, 0.4) is 0 Å². The molecule has 2 aromatic carbocycles. The quantitative estimate of drug-likeness (QED) is 0.602. The zero-order valence-corrected chi connectivity index (χ0v) is 15.6. The third-order valence-electron chi connectivity index (χ3n) is 4.25. The van der Waals surface area contributed by atoms with E-state index in [1.807, 2.05) is 54.6 Å². The first-order chi connectivity index (χ1) is 13.6. The Kier molecular flexibility index (Phi) is 6.18. The van der Waals surface area contributed by atoms with Crippen LogP contribution in [-0.4, -0.2) is 41.3 Å². The lowest BCUT2D eigenvalue weighted by molar-refractivity contribution is -0.140. The molecule has 1 N–H and O–H groups in total. The van der Waals surface area contributed by atoms with Gasteiger partial charge in [-0.1, -0.05) is 42.5 Å². The molecule has 28 heavy (non-hydrogen) atoms. The second-order valence-electron chi connectivity index (χ2n) is 5.99. The van der Waals surface area contributed by atoms with Crippen LogP contribution in [0.1, 0.15) is 5.56 Å². The second-order valence-corrected chi connectivity index (χ2v) is 5.99. The van der Waals surface area contributed by atoms with Gasteiger partial charge in [-0.15, -0.1) is 0 Å². The molecule has 0 bridgehead atoms. The highest BCUT2D eigenvalue weighted by molar-refractivity contribution is 5.77. The number of aliphatic carboxylic acids is 1. The Morgan fingerprint density at radius 2 is 1.79 bits per heavy atom. The van der Waals surface area contributed by atoms with Crippen molar-refractivity contribution in [3.63, 3.8) is 0 Å². The number of rotatable bonds is 8. The summed E-state index contributed by atoms with van der Waals surface area (Å²) in [6.07, 6.45) is 1.83. The predicted molar refractivity (Wildman–Crippen MR) is 105 cm³/mol. The van der Waals surface area contributed by atoms with Gasteiger partial charge in [0.15, 0.2) is 17.7 Å². The Balaban J connectivity index is 1.96. The van der Waals surface area contributed by atoms with Gasteiger partial charge in [0.05, 0.1) is 19.8 Å². The van der Waals surface area contributed by atoms with Crippen molar-refractivity contribution >= 4 is 11.8 Å². The number of ether oxygens (including phenoxy) is 1. The maximum absolute atomic E-state index is 11.9. The minimum absolute atomic E-state index is 0.262. The zero-order chi connectivity index (χ0) is 19.9. The molecule has 7 heteroatoms. The number of nitrogens with zero attached hydrogens (tertiary/aromatic N) is 3. The van der Waals surface area contributed by atoms with Gasteiger partial charge in [-0.3, -0.25) is 4.84 Å². The molecule has 0 amide bonds. The summed E-state index contributed by atoms with van der Waals surface area (Å²) in [4.78, 5) is 26.2. The average molecular weight is 379 g/mol. The number of carboxylic acid groups (broad SMARTS) is 1. The van der Waals surface area contributed by atoms with Gasteiger partial charge in [-0.2, -0.15) is 0 Å². The van der Waals surface area contributed by atoms with Crippen LogP contribution in [0.4, 0.5) is 5.82 Å². The van der Waals surface area contributed by atoms with E-state index in [1.165, 1.54) is 12.2 Å². The lowest BCUT2D eigenvalue weighted by Crippen LogP contribution is -2.42. The van der Waals surface area contributed by atoms with E-state index >= 15 is 0 Å². The SMILES string of the molecule is COc1ccccc1-c1nccc(N(OC)[C@H](Cc2ccccc2)C(=O)O)n1. The van der Waals surface area contributed by atoms with Crippen molar-refractivity contribution in [1.29, 1.82) is 0 Å². The standard InChI is InChI=1S/C21H21N3O4/c1-27-18-11-7-6-10-16(18)20-22-13-12-19(23-20)24(28-2)17(21(25)26)14-15-8-4-3-5-9-15/h3-13,17H,14H2,1-2H3,(H,25,26)/t17-/m1/s1. The largest absolute Gasteiger partial charge is 0.496 e. The molecule has 0 spiro atoms. The fourth-order valence-corrected chi connectivity index (χ4v) is 2.92. The van der Waals surface area contributed by atoms with Gasteiger partial charge in [0.1, 0.15) is 5.75 Å². The van der Waals surface area contributed by atoms with Gasteiger partial charge in [-0.25, -0.2) is 19.8 Å². The molecule has 1 aromatic heterocycles. The van der Waals surface area contributed by atoms with Gasteiger partial charge in [0.2, 0.25) is 0 Å². The van der Waals surface area contributed by atoms with E-state index in [1.54, 1.807) is 19.4 Å². The van der Waals surface area contributed by atoms with Crippen molar-refractivity contribution in [2.24, 2.45) is 0 Å². The summed E-state index contributed by atoms with van der Waals surface area (Å²) in [5, 5.41) is 11.1. The van der Waals surface area contributed by atoms with Crippen LogP contribution in [0.25, 0.3) is 11.4 Å². The molecular weight excluding hydrogens is 358 g/mol. The summed E-state index contributed by atoms with van der Waals surface area (Å²) in [7, 11) is 3.00. The number of benzene rings is 2. The normalized spacial score (nSPS) is 11.6. The van der Waals surface area contributed by atoms with Crippen molar-refractivity contribution in [3.05, 3.63) is 72.4 Å². The van der Waals surface area contributed by atoms with E-state index in [0.29, 0.717) is 23.0 Å². The highest BCUT2D eigenvalue weighted by Crippen LogP contribution is 2.28. The van der Waals surface area contributed by atoms with Crippen LogP contribution in [0, 0.1) is 0 Å². The smallest absolute Gasteiger partial charge is 0.329 e. The number of carboxylic acids is 1. The Bertz CT molecular complexity index is 934. The first-order valence-electron chi connectivity index (χ1n) is 8.70. The molecule has 0 saturated heterocycles. The molecule has 3 aromatic rings. The van der Waals surface area contributed by atoms with Gasteiger partial charge >= 0.3 is 5.97 Å². The molecule has 0 aliphatic rings. The van der Waals surface area contributed by atoms with Crippen LogP contribution in [0.2, 0.25) is 0 Å². The van der Waals surface area contributed by atoms with E-state index in [0.717, 1.165) is 5.56 Å². The Morgan fingerprint density at radius 1 is 1.07 bits per heavy atom. The first-order valence-corrected chi connectivity index (χ1v) is 8.70.